The van der Waals surface area contributed by atoms with Crippen LogP contribution in [0.4, 0.5) is 0 Å². The fourth-order valence-corrected chi connectivity index (χ4v) is 6.83. The first-order valence-corrected chi connectivity index (χ1v) is 17.9. The van der Waals surface area contributed by atoms with Crippen LogP contribution in [0.5, 0.6) is 0 Å². The van der Waals surface area contributed by atoms with Crippen molar-refractivity contribution in [2.24, 2.45) is 11.7 Å². The molecular weight excluding hydrogens is 637 g/mol. The molecule has 9 heteroatoms. The first kappa shape index (κ1) is 37.1. The van der Waals surface area contributed by atoms with Crippen LogP contribution >= 0.6 is 0 Å². The van der Waals surface area contributed by atoms with Gasteiger partial charge in [0.2, 0.25) is 17.7 Å². The summed E-state index contributed by atoms with van der Waals surface area (Å²) in [6.07, 6.45) is 18.3. The van der Waals surface area contributed by atoms with Gasteiger partial charge in [0.05, 0.1) is 0 Å². The van der Waals surface area contributed by atoms with E-state index in [1.54, 1.807) is 33.4 Å². The van der Waals surface area contributed by atoms with Gasteiger partial charge in [0.15, 0.2) is 6.19 Å². The van der Waals surface area contributed by atoms with Gasteiger partial charge in [-0.1, -0.05) is 97.1 Å². The summed E-state index contributed by atoms with van der Waals surface area (Å²) in [5.41, 5.74) is 7.96. The zero-order valence-corrected chi connectivity index (χ0v) is 30.0. The highest BCUT2D eigenvalue weighted by molar-refractivity contribution is 5.96. The molecule has 0 spiro atoms. The Kier molecular flexibility index (Phi) is 12.5. The van der Waals surface area contributed by atoms with Crippen molar-refractivity contribution in [3.8, 4) is 6.19 Å². The van der Waals surface area contributed by atoms with E-state index >= 15 is 0 Å². The Morgan fingerprint density at radius 3 is 2.41 bits per heavy atom. The van der Waals surface area contributed by atoms with Crippen LogP contribution < -0.4 is 5.73 Å². The number of piperidine rings is 1. The third-order valence-electron chi connectivity index (χ3n) is 10.3. The molecule has 3 amide bonds. The summed E-state index contributed by atoms with van der Waals surface area (Å²) < 4.78 is 0. The number of nitrogens with two attached hydrogens (primary N) is 1. The van der Waals surface area contributed by atoms with E-state index in [-0.39, 0.29) is 35.6 Å². The standard InChI is InChI=1S/C42H50N6O3/c1-45(31-43)27-22-33-14-10-26-48(30-33)41(51)37(21-19-32-12-5-4-6-13-32)47(3)40(50)38(29-34-18-20-35-15-7-8-16-36(35)28-34)46(2)39(49)17-9-23-42(44)24-11-25-42/h4-9,12-13,15-22,27-28,33,37-38H,10-11,14,23-26,29-30,44H2,1-3H3/b17-9+,21-19?,27-22?/t33?,37?,38-/m1/s1. The molecule has 2 fully saturated rings. The molecule has 1 saturated heterocycles. The van der Waals surface area contributed by atoms with Crippen LogP contribution in [0, 0.1) is 17.4 Å². The Bertz CT molecular complexity index is 1810. The normalized spacial score (nSPS) is 18.3. The van der Waals surface area contributed by atoms with E-state index in [0.717, 1.165) is 54.0 Å². The number of carbonyl (C=O) groups is 3. The second kappa shape index (κ2) is 17.1. The minimum atomic E-state index is -0.906. The van der Waals surface area contributed by atoms with E-state index < -0.39 is 12.1 Å². The predicted octanol–water partition coefficient (Wildman–Crippen LogP) is 5.74. The van der Waals surface area contributed by atoms with Crippen molar-refractivity contribution in [1.29, 1.82) is 5.26 Å². The van der Waals surface area contributed by atoms with E-state index in [2.05, 4.69) is 12.3 Å². The SMILES string of the molecule is CN(C#N)C=CC1CCCN(C(=O)C(C=Cc2ccccc2)N(C)C(=O)[C@@H](Cc2ccc3ccccc3c2)N(C)C(=O)/C=C/CC2(N)CCC2)C1. The van der Waals surface area contributed by atoms with Gasteiger partial charge in [0, 0.05) is 52.4 Å². The lowest BCUT2D eigenvalue weighted by Crippen LogP contribution is -2.56. The van der Waals surface area contributed by atoms with Crippen LogP contribution in [-0.2, 0) is 20.8 Å². The number of nitrogens with zero attached hydrogens (tertiary/aromatic N) is 5. The number of hydrogen-bond acceptors (Lipinski definition) is 6. The summed E-state index contributed by atoms with van der Waals surface area (Å²) in [6.45, 7) is 1.06. The zero-order chi connectivity index (χ0) is 36.4. The van der Waals surface area contributed by atoms with Crippen molar-refractivity contribution in [1.82, 2.24) is 19.6 Å². The molecule has 3 aromatic rings. The Morgan fingerprint density at radius 2 is 1.71 bits per heavy atom. The summed E-state index contributed by atoms with van der Waals surface area (Å²) in [4.78, 5) is 49.0. The molecule has 1 heterocycles. The largest absolute Gasteiger partial charge is 0.340 e. The molecule has 266 valence electrons. The Hall–Kier alpha value is -5.20. The highest BCUT2D eigenvalue weighted by Crippen LogP contribution is 2.32. The maximum Gasteiger partial charge on any atom is 0.249 e. The van der Waals surface area contributed by atoms with Crippen molar-refractivity contribution in [2.45, 2.75) is 62.6 Å². The topological polar surface area (TPSA) is 114 Å². The summed E-state index contributed by atoms with van der Waals surface area (Å²) in [5.74, 6) is -0.720. The Morgan fingerprint density at radius 1 is 0.980 bits per heavy atom. The van der Waals surface area contributed by atoms with E-state index in [0.29, 0.717) is 19.5 Å². The van der Waals surface area contributed by atoms with Crippen LogP contribution in [0.15, 0.2) is 103 Å². The first-order valence-electron chi connectivity index (χ1n) is 17.9. The van der Waals surface area contributed by atoms with Gasteiger partial charge in [0.1, 0.15) is 12.1 Å². The molecule has 1 saturated carbocycles. The molecule has 1 aliphatic heterocycles. The van der Waals surface area contributed by atoms with Crippen LogP contribution in [0.2, 0.25) is 0 Å². The molecular formula is C42H50N6O3. The number of amides is 3. The summed E-state index contributed by atoms with van der Waals surface area (Å²) in [7, 11) is 4.99. The number of nitriles is 1. The number of likely N-dealkylation sites (tertiary alicyclic amines) is 1. The third-order valence-corrected chi connectivity index (χ3v) is 10.3. The number of likely N-dealkylation sites (N-methyl/N-ethyl adjacent to an activating group) is 2. The van der Waals surface area contributed by atoms with Gasteiger partial charge in [-0.05, 0) is 72.4 Å². The average molecular weight is 687 g/mol. The minimum absolute atomic E-state index is 0.0852. The van der Waals surface area contributed by atoms with Crippen molar-refractivity contribution in [3.63, 3.8) is 0 Å². The molecule has 51 heavy (non-hydrogen) atoms. The van der Waals surface area contributed by atoms with Crippen molar-refractivity contribution in [2.75, 3.05) is 34.2 Å². The van der Waals surface area contributed by atoms with Crippen LogP contribution in [0.1, 0.15) is 49.7 Å². The van der Waals surface area contributed by atoms with Gasteiger partial charge in [-0.15, -0.1) is 0 Å². The average Bonchev–Trinajstić information content (AvgIpc) is 3.15. The molecule has 2 N–H and O–H groups in total. The Balaban J connectivity index is 1.44. The molecule has 1 aliphatic carbocycles. The smallest absolute Gasteiger partial charge is 0.249 e. The van der Waals surface area contributed by atoms with E-state index in [1.165, 1.54) is 20.8 Å². The maximum atomic E-state index is 14.7. The minimum Gasteiger partial charge on any atom is -0.340 e. The van der Waals surface area contributed by atoms with E-state index in [9.17, 15) is 19.6 Å². The Labute approximate surface area is 302 Å². The number of hydrogen-bond donors (Lipinski definition) is 1. The van der Waals surface area contributed by atoms with Gasteiger partial charge in [-0.25, -0.2) is 0 Å². The van der Waals surface area contributed by atoms with Gasteiger partial charge < -0.3 is 20.4 Å². The fraction of sp³-hybridized carbons (Fsp3) is 0.381. The number of carbonyl (C=O) groups excluding carboxylic acids is 3. The van der Waals surface area contributed by atoms with Crippen LogP contribution in [-0.4, -0.2) is 89.2 Å². The van der Waals surface area contributed by atoms with Gasteiger partial charge in [-0.2, -0.15) is 5.26 Å². The summed E-state index contributed by atoms with van der Waals surface area (Å²) in [6, 6.07) is 22.0. The van der Waals surface area contributed by atoms with Gasteiger partial charge >= 0.3 is 0 Å². The number of rotatable bonds is 13. The molecule has 2 aliphatic rings. The van der Waals surface area contributed by atoms with Crippen molar-refractivity contribution < 1.29 is 14.4 Å². The van der Waals surface area contributed by atoms with Crippen molar-refractivity contribution >= 4 is 34.6 Å². The summed E-state index contributed by atoms with van der Waals surface area (Å²) >= 11 is 0. The highest BCUT2D eigenvalue weighted by atomic mass is 16.2. The molecule has 0 aromatic heterocycles. The second-order valence-corrected chi connectivity index (χ2v) is 14.1. The molecule has 3 aromatic carbocycles. The van der Waals surface area contributed by atoms with Crippen molar-refractivity contribution in [3.05, 3.63) is 114 Å². The first-order chi connectivity index (χ1) is 24.6. The lowest BCUT2D eigenvalue weighted by molar-refractivity contribution is -0.148. The second-order valence-electron chi connectivity index (χ2n) is 14.1. The number of fused-ring (bicyclic) bond motifs is 1. The van der Waals surface area contributed by atoms with E-state index in [1.807, 2.05) is 89.9 Å². The number of benzene rings is 3. The van der Waals surface area contributed by atoms with Gasteiger partial charge in [-0.3, -0.25) is 19.3 Å². The van der Waals surface area contributed by atoms with Crippen LogP contribution in [0.25, 0.3) is 16.8 Å². The molecule has 0 bridgehead atoms. The zero-order valence-electron chi connectivity index (χ0n) is 30.0. The lowest BCUT2D eigenvalue weighted by atomic mass is 9.75. The molecule has 9 nitrogen and oxygen atoms in total. The van der Waals surface area contributed by atoms with Crippen LogP contribution in [0.3, 0.4) is 0 Å². The maximum absolute atomic E-state index is 14.7. The molecule has 0 radical (unpaired) electrons. The fourth-order valence-electron chi connectivity index (χ4n) is 6.83. The molecule has 5 rings (SSSR count). The highest BCUT2D eigenvalue weighted by Gasteiger charge is 2.36. The van der Waals surface area contributed by atoms with Gasteiger partial charge in [0.25, 0.3) is 0 Å². The summed E-state index contributed by atoms with van der Waals surface area (Å²) in [5, 5.41) is 11.3. The quantitative estimate of drug-likeness (QED) is 0.139. The predicted molar refractivity (Wildman–Crippen MR) is 203 cm³/mol. The molecule has 3 atom stereocenters. The lowest BCUT2D eigenvalue weighted by Gasteiger charge is -2.38. The third kappa shape index (κ3) is 9.74. The monoisotopic (exact) mass is 686 g/mol. The van der Waals surface area contributed by atoms with E-state index in [4.69, 9.17) is 5.73 Å². The molecule has 2 unspecified atom stereocenters.